The molecule has 30 heavy (non-hydrogen) atoms. The van der Waals surface area contributed by atoms with E-state index in [1.165, 1.54) is 5.56 Å². The van der Waals surface area contributed by atoms with Gasteiger partial charge in [0.25, 0.3) is 0 Å². The Hall–Kier alpha value is -2.32. The van der Waals surface area contributed by atoms with E-state index in [1.807, 2.05) is 37.3 Å². The number of aryl methyl sites for hydroxylation is 1. The average Bonchev–Trinajstić information content (AvgIpc) is 3.12. The fourth-order valence-electron chi connectivity index (χ4n) is 2.62. The first-order valence-corrected chi connectivity index (χ1v) is 11.5. The van der Waals surface area contributed by atoms with Gasteiger partial charge in [-0.2, -0.15) is 9.78 Å². The molecule has 3 aromatic rings. The van der Waals surface area contributed by atoms with E-state index in [1.54, 1.807) is 29.8 Å². The number of halogens is 1. The molecule has 0 aliphatic heterocycles. The van der Waals surface area contributed by atoms with Gasteiger partial charge in [-0.3, -0.25) is 0 Å². The second-order valence-corrected chi connectivity index (χ2v) is 8.47. The zero-order valence-corrected chi connectivity index (χ0v) is 19.7. The Morgan fingerprint density at radius 3 is 2.67 bits per heavy atom. The number of rotatable bonds is 10. The van der Waals surface area contributed by atoms with E-state index in [0.29, 0.717) is 12.4 Å². The first-order valence-electron chi connectivity index (χ1n) is 9.75. The molecule has 0 aliphatic rings. The van der Waals surface area contributed by atoms with Gasteiger partial charge in [-0.1, -0.05) is 53.2 Å². The molecule has 0 fully saturated rings. The molecule has 0 saturated heterocycles. The zero-order valence-electron chi connectivity index (χ0n) is 17.3. The van der Waals surface area contributed by atoms with Crippen LogP contribution >= 0.6 is 27.7 Å². The van der Waals surface area contributed by atoms with Gasteiger partial charge in [-0.25, -0.2) is 0 Å². The standard InChI is InChI=1S/C22H25BrN4O2S/c1-4-5-12-29-20-11-8-18(13-21(20)28-3)14-24-27-16(2)25-26-22(27)30-15-17-6-9-19(23)10-7-17/h6-11,13-14H,4-5,12,15H2,1-3H3/b24-14-. The third kappa shape index (κ3) is 6.09. The van der Waals surface area contributed by atoms with E-state index in [4.69, 9.17) is 9.47 Å². The van der Waals surface area contributed by atoms with Crippen molar-refractivity contribution in [3.8, 4) is 11.5 Å². The summed E-state index contributed by atoms with van der Waals surface area (Å²) in [6, 6.07) is 14.0. The van der Waals surface area contributed by atoms with Crippen LogP contribution in [0.25, 0.3) is 0 Å². The van der Waals surface area contributed by atoms with Crippen LogP contribution in [0.15, 0.2) is 57.2 Å². The third-order valence-electron chi connectivity index (χ3n) is 4.31. The normalized spacial score (nSPS) is 11.2. The molecule has 1 heterocycles. The van der Waals surface area contributed by atoms with Gasteiger partial charge in [0.1, 0.15) is 0 Å². The molecule has 0 aliphatic carbocycles. The lowest BCUT2D eigenvalue weighted by Crippen LogP contribution is -2.00. The molecule has 0 saturated carbocycles. The lowest BCUT2D eigenvalue weighted by Gasteiger charge is -2.10. The van der Waals surface area contributed by atoms with Crippen LogP contribution in [0.1, 0.15) is 36.7 Å². The number of aromatic nitrogens is 3. The predicted octanol–water partition coefficient (Wildman–Crippen LogP) is 5.71. The van der Waals surface area contributed by atoms with Crippen LogP contribution in [-0.2, 0) is 5.75 Å². The fourth-order valence-corrected chi connectivity index (χ4v) is 3.78. The summed E-state index contributed by atoms with van der Waals surface area (Å²) in [5.41, 5.74) is 2.12. The van der Waals surface area contributed by atoms with Crippen LogP contribution in [0.5, 0.6) is 11.5 Å². The molecule has 3 rings (SSSR count). The van der Waals surface area contributed by atoms with Crippen LogP contribution in [0.4, 0.5) is 0 Å². The summed E-state index contributed by atoms with van der Waals surface area (Å²) in [6.45, 7) is 4.71. The summed E-state index contributed by atoms with van der Waals surface area (Å²) in [5, 5.41) is 13.8. The molecular formula is C22H25BrN4O2S. The van der Waals surface area contributed by atoms with E-state index in [0.717, 1.165) is 45.4 Å². The number of hydrogen-bond donors (Lipinski definition) is 0. The molecule has 0 spiro atoms. The second-order valence-electron chi connectivity index (χ2n) is 6.61. The van der Waals surface area contributed by atoms with E-state index in [9.17, 15) is 0 Å². The summed E-state index contributed by atoms with van der Waals surface area (Å²) >= 11 is 5.06. The van der Waals surface area contributed by atoms with Gasteiger partial charge in [0.2, 0.25) is 5.16 Å². The van der Waals surface area contributed by atoms with E-state index >= 15 is 0 Å². The van der Waals surface area contributed by atoms with Gasteiger partial charge in [-0.15, -0.1) is 10.2 Å². The van der Waals surface area contributed by atoms with Crippen molar-refractivity contribution in [1.82, 2.24) is 14.9 Å². The Balaban J connectivity index is 1.71. The van der Waals surface area contributed by atoms with Crippen molar-refractivity contribution in [2.45, 2.75) is 37.6 Å². The van der Waals surface area contributed by atoms with Crippen molar-refractivity contribution in [3.63, 3.8) is 0 Å². The summed E-state index contributed by atoms with van der Waals surface area (Å²) in [4.78, 5) is 0. The highest BCUT2D eigenvalue weighted by atomic mass is 79.9. The summed E-state index contributed by atoms with van der Waals surface area (Å²) in [5.74, 6) is 2.96. The fraction of sp³-hybridized carbons (Fsp3) is 0.318. The first kappa shape index (κ1) is 22.4. The topological polar surface area (TPSA) is 61.5 Å². The maximum Gasteiger partial charge on any atom is 0.212 e. The van der Waals surface area contributed by atoms with Gasteiger partial charge in [0.05, 0.1) is 19.9 Å². The number of nitrogens with zero attached hydrogens (tertiary/aromatic N) is 4. The maximum absolute atomic E-state index is 5.79. The van der Waals surface area contributed by atoms with E-state index in [2.05, 4.69) is 50.3 Å². The molecule has 1 aromatic heterocycles. The molecule has 0 bridgehead atoms. The van der Waals surface area contributed by atoms with Crippen LogP contribution < -0.4 is 9.47 Å². The van der Waals surface area contributed by atoms with Gasteiger partial charge >= 0.3 is 0 Å². The quantitative estimate of drug-likeness (QED) is 0.207. The first-order chi connectivity index (χ1) is 14.6. The predicted molar refractivity (Wildman–Crippen MR) is 125 cm³/mol. The number of benzene rings is 2. The number of ether oxygens (including phenoxy) is 2. The summed E-state index contributed by atoms with van der Waals surface area (Å²) < 4.78 is 14.1. The SMILES string of the molecule is CCCCOc1ccc(/C=N\n2c(C)nnc2SCc2ccc(Br)cc2)cc1OC. The van der Waals surface area contributed by atoms with Crippen molar-refractivity contribution in [2.24, 2.45) is 5.10 Å². The van der Waals surface area contributed by atoms with E-state index < -0.39 is 0 Å². The lowest BCUT2D eigenvalue weighted by atomic mass is 10.2. The molecule has 2 aromatic carbocycles. The van der Waals surface area contributed by atoms with Crippen LogP contribution in [0, 0.1) is 6.92 Å². The van der Waals surface area contributed by atoms with Crippen molar-refractivity contribution in [3.05, 3.63) is 63.9 Å². The van der Waals surface area contributed by atoms with Crippen molar-refractivity contribution >= 4 is 33.9 Å². The Morgan fingerprint density at radius 1 is 1.13 bits per heavy atom. The second kappa shape index (κ2) is 11.2. The minimum atomic E-state index is 0.680. The molecule has 0 atom stereocenters. The molecule has 0 N–H and O–H groups in total. The largest absolute Gasteiger partial charge is 0.493 e. The molecular weight excluding hydrogens is 464 g/mol. The van der Waals surface area contributed by atoms with Crippen LogP contribution in [0.3, 0.4) is 0 Å². The maximum atomic E-state index is 5.79. The van der Waals surface area contributed by atoms with Gasteiger partial charge in [-0.05, 0) is 54.8 Å². The Morgan fingerprint density at radius 2 is 1.93 bits per heavy atom. The smallest absolute Gasteiger partial charge is 0.212 e. The van der Waals surface area contributed by atoms with Crippen molar-refractivity contribution in [2.75, 3.05) is 13.7 Å². The molecule has 0 amide bonds. The van der Waals surface area contributed by atoms with Crippen LogP contribution in [0.2, 0.25) is 0 Å². The van der Waals surface area contributed by atoms with E-state index in [-0.39, 0.29) is 0 Å². The van der Waals surface area contributed by atoms with Crippen LogP contribution in [-0.4, -0.2) is 34.8 Å². The minimum absolute atomic E-state index is 0.680. The average molecular weight is 489 g/mol. The molecule has 0 unspecified atom stereocenters. The molecule has 6 nitrogen and oxygen atoms in total. The minimum Gasteiger partial charge on any atom is -0.493 e. The Kier molecular flexibility index (Phi) is 8.33. The zero-order chi connectivity index (χ0) is 21.3. The number of unbranched alkanes of at least 4 members (excludes halogenated alkanes) is 1. The molecule has 158 valence electrons. The van der Waals surface area contributed by atoms with Crippen molar-refractivity contribution < 1.29 is 9.47 Å². The Labute approximate surface area is 189 Å². The molecule has 0 radical (unpaired) electrons. The van der Waals surface area contributed by atoms with Crippen molar-refractivity contribution in [1.29, 1.82) is 0 Å². The van der Waals surface area contributed by atoms with Gasteiger partial charge in [0, 0.05) is 10.2 Å². The number of hydrogen-bond acceptors (Lipinski definition) is 6. The monoisotopic (exact) mass is 488 g/mol. The number of thioether (sulfide) groups is 1. The summed E-state index contributed by atoms with van der Waals surface area (Å²) in [6.07, 6.45) is 3.88. The Bertz CT molecular complexity index is 989. The molecule has 8 heteroatoms. The highest BCUT2D eigenvalue weighted by molar-refractivity contribution is 9.10. The lowest BCUT2D eigenvalue weighted by molar-refractivity contribution is 0.288. The number of methoxy groups -OCH3 is 1. The van der Waals surface area contributed by atoms with Gasteiger partial charge < -0.3 is 9.47 Å². The third-order valence-corrected chi connectivity index (χ3v) is 5.83. The highest BCUT2D eigenvalue weighted by Gasteiger charge is 2.10. The highest BCUT2D eigenvalue weighted by Crippen LogP contribution is 2.28. The van der Waals surface area contributed by atoms with Gasteiger partial charge in [0.15, 0.2) is 17.3 Å². The summed E-state index contributed by atoms with van der Waals surface area (Å²) in [7, 11) is 1.64.